The fourth-order valence-electron chi connectivity index (χ4n) is 5.75. The second kappa shape index (κ2) is 20.2. The number of thioether (sulfide) groups is 1. The maximum Gasteiger partial charge on any atom is 0.161 e. The van der Waals surface area contributed by atoms with Gasteiger partial charge in [0.25, 0.3) is 0 Å². The Kier molecular flexibility index (Phi) is 16.4. The molecule has 5 atom stereocenters. The van der Waals surface area contributed by atoms with Crippen molar-refractivity contribution in [3.05, 3.63) is 57.6 Å². The Labute approximate surface area is 284 Å². The van der Waals surface area contributed by atoms with E-state index in [1.54, 1.807) is 0 Å². The molecule has 0 amide bonds. The third-order valence-electron chi connectivity index (χ3n) is 8.38. The van der Waals surface area contributed by atoms with Gasteiger partial charge >= 0.3 is 0 Å². The molecule has 45 heavy (non-hydrogen) atoms. The molecule has 0 aromatic heterocycles. The number of unbranched alkanes of at least 4 members (excludes halogenated alkanes) is 4. The zero-order valence-corrected chi connectivity index (χ0v) is 30.3. The highest BCUT2D eigenvalue weighted by molar-refractivity contribution is 9.10. The summed E-state index contributed by atoms with van der Waals surface area (Å²) in [7, 11) is 0. The first-order chi connectivity index (χ1) is 22.1. The Hall–Kier alpha value is -1.29. The first kappa shape index (κ1) is 36.5. The number of rotatable bonds is 20. The topological polar surface area (TPSA) is 55.4 Å². The fourth-order valence-corrected chi connectivity index (χ4v) is 7.77. The molecule has 1 fully saturated rings. The Morgan fingerprint density at radius 3 is 2.02 bits per heavy atom. The van der Waals surface area contributed by atoms with Crippen LogP contribution >= 0.6 is 27.7 Å². The molecule has 8 heteroatoms. The van der Waals surface area contributed by atoms with Crippen molar-refractivity contribution in [3.8, 4) is 11.5 Å². The summed E-state index contributed by atoms with van der Waals surface area (Å²) in [5.41, 5.74) is 3.68. The SMILES string of the molecule is CCCCOC[C@H]1S[C@@H](c2ccc(Br)c(Cc3ccc4c(c3)OCCO4)c2)[C@H](OCCCC)[C@@H](OCCCC)[C@@H]1OCCCC. The lowest BCUT2D eigenvalue weighted by Gasteiger charge is -2.46. The van der Waals surface area contributed by atoms with Gasteiger partial charge in [-0.1, -0.05) is 87.5 Å². The van der Waals surface area contributed by atoms with Crippen molar-refractivity contribution < 1.29 is 28.4 Å². The Morgan fingerprint density at radius 2 is 1.33 bits per heavy atom. The van der Waals surface area contributed by atoms with Gasteiger partial charge in [0.2, 0.25) is 0 Å². The van der Waals surface area contributed by atoms with E-state index < -0.39 is 0 Å². The van der Waals surface area contributed by atoms with Crippen LogP contribution in [0.2, 0.25) is 0 Å². The summed E-state index contributed by atoms with van der Waals surface area (Å²) >= 11 is 5.80. The average molecular weight is 708 g/mol. The summed E-state index contributed by atoms with van der Waals surface area (Å²) in [6.07, 6.45) is 8.96. The van der Waals surface area contributed by atoms with Gasteiger partial charge in [-0.2, -0.15) is 0 Å². The van der Waals surface area contributed by atoms with Crippen molar-refractivity contribution in [1.82, 2.24) is 0 Å². The van der Waals surface area contributed by atoms with Crippen LogP contribution in [0, 0.1) is 0 Å². The highest BCUT2D eigenvalue weighted by Crippen LogP contribution is 2.47. The van der Waals surface area contributed by atoms with E-state index in [2.05, 4.69) is 74.0 Å². The smallest absolute Gasteiger partial charge is 0.161 e. The highest BCUT2D eigenvalue weighted by atomic mass is 79.9. The average Bonchev–Trinajstić information content (AvgIpc) is 3.05. The van der Waals surface area contributed by atoms with Crippen molar-refractivity contribution in [3.63, 3.8) is 0 Å². The van der Waals surface area contributed by atoms with Crippen LogP contribution in [0.3, 0.4) is 0 Å². The molecule has 6 nitrogen and oxygen atoms in total. The van der Waals surface area contributed by atoms with Crippen LogP contribution in [-0.2, 0) is 25.4 Å². The van der Waals surface area contributed by atoms with E-state index in [-0.39, 0.29) is 28.8 Å². The standard InChI is InChI=1S/C37H55BrO6S/c1-5-9-17-39-26-33-34(42-18-10-6-2)35(43-19-11-7-3)36(44-20-12-8-4)37(45-33)28-14-15-30(38)29(25-28)23-27-13-16-31-32(24-27)41-22-21-40-31/h13-16,24-25,33-37H,5-12,17-23,26H2,1-4H3/t33-,34-,35+,36-,37+/m1/s1. The molecule has 1 saturated heterocycles. The zero-order valence-electron chi connectivity index (χ0n) is 27.9. The summed E-state index contributed by atoms with van der Waals surface area (Å²) in [4.78, 5) is 0. The van der Waals surface area contributed by atoms with Crippen LogP contribution in [0.1, 0.15) is 101 Å². The van der Waals surface area contributed by atoms with Crippen molar-refractivity contribution in [2.24, 2.45) is 0 Å². The highest BCUT2D eigenvalue weighted by Gasteiger charge is 2.48. The summed E-state index contributed by atoms with van der Waals surface area (Å²) < 4.78 is 39.3. The maximum atomic E-state index is 6.80. The molecule has 0 radical (unpaired) electrons. The van der Waals surface area contributed by atoms with Gasteiger partial charge in [0.05, 0.1) is 17.1 Å². The van der Waals surface area contributed by atoms with E-state index in [0.29, 0.717) is 33.0 Å². The minimum absolute atomic E-state index is 0.0875. The quantitative estimate of drug-likeness (QED) is 0.127. The lowest BCUT2D eigenvalue weighted by Crippen LogP contribution is -2.55. The molecule has 0 aliphatic carbocycles. The van der Waals surface area contributed by atoms with E-state index in [1.807, 2.05) is 17.8 Å². The molecule has 4 rings (SSSR count). The lowest BCUT2D eigenvalue weighted by molar-refractivity contribution is -0.149. The van der Waals surface area contributed by atoms with E-state index in [4.69, 9.17) is 28.4 Å². The van der Waals surface area contributed by atoms with Crippen molar-refractivity contribution >= 4 is 27.7 Å². The fraction of sp³-hybridized carbons (Fsp3) is 0.676. The minimum Gasteiger partial charge on any atom is -0.486 e. The molecule has 0 saturated carbocycles. The van der Waals surface area contributed by atoms with E-state index in [1.165, 1.54) is 16.7 Å². The lowest BCUT2D eigenvalue weighted by atomic mass is 9.94. The Morgan fingerprint density at radius 1 is 0.711 bits per heavy atom. The predicted octanol–water partition coefficient (Wildman–Crippen LogP) is 9.34. The second-order valence-corrected chi connectivity index (χ2v) is 14.3. The van der Waals surface area contributed by atoms with Crippen molar-refractivity contribution in [1.29, 1.82) is 0 Å². The van der Waals surface area contributed by atoms with Gasteiger partial charge in [-0.25, -0.2) is 0 Å². The minimum atomic E-state index is -0.166. The van der Waals surface area contributed by atoms with Gasteiger partial charge in [0.15, 0.2) is 11.5 Å². The van der Waals surface area contributed by atoms with E-state index in [9.17, 15) is 0 Å². The summed E-state index contributed by atoms with van der Waals surface area (Å²) in [5.74, 6) is 1.64. The van der Waals surface area contributed by atoms with Gasteiger partial charge in [0, 0.05) is 30.9 Å². The van der Waals surface area contributed by atoms with Gasteiger partial charge in [0.1, 0.15) is 31.5 Å². The number of halogens is 1. The van der Waals surface area contributed by atoms with Crippen LogP contribution in [0.4, 0.5) is 0 Å². The number of fused-ring (bicyclic) bond motifs is 1. The molecule has 0 spiro atoms. The third-order valence-corrected chi connectivity index (χ3v) is 10.7. The Balaban J connectivity index is 1.66. The monoisotopic (exact) mass is 706 g/mol. The molecule has 0 unspecified atom stereocenters. The molecule has 2 heterocycles. The molecular formula is C37H55BrO6S. The zero-order chi connectivity index (χ0) is 31.9. The normalized spacial score (nSPS) is 22.9. The molecule has 0 bridgehead atoms. The molecular weight excluding hydrogens is 652 g/mol. The van der Waals surface area contributed by atoms with Crippen molar-refractivity contribution in [2.45, 2.75) is 114 Å². The van der Waals surface area contributed by atoms with Gasteiger partial charge < -0.3 is 28.4 Å². The number of benzene rings is 2. The van der Waals surface area contributed by atoms with Gasteiger partial charge in [-0.15, -0.1) is 11.8 Å². The molecule has 0 N–H and O–H groups in total. The molecule has 2 aliphatic rings. The van der Waals surface area contributed by atoms with Crippen molar-refractivity contribution in [2.75, 3.05) is 46.2 Å². The van der Waals surface area contributed by atoms with Gasteiger partial charge in [-0.3, -0.25) is 0 Å². The first-order valence-electron chi connectivity index (χ1n) is 17.3. The molecule has 2 aliphatic heterocycles. The summed E-state index contributed by atoms with van der Waals surface area (Å²) in [6, 6.07) is 13.1. The largest absolute Gasteiger partial charge is 0.486 e. The van der Waals surface area contributed by atoms with Crippen LogP contribution in [0.25, 0.3) is 0 Å². The predicted molar refractivity (Wildman–Crippen MR) is 188 cm³/mol. The van der Waals surface area contributed by atoms with Crippen LogP contribution in [-0.4, -0.2) is 69.8 Å². The molecule has 252 valence electrons. The third kappa shape index (κ3) is 10.9. The molecule has 2 aromatic rings. The first-order valence-corrected chi connectivity index (χ1v) is 19.1. The molecule has 2 aromatic carbocycles. The van der Waals surface area contributed by atoms with Crippen LogP contribution in [0.5, 0.6) is 11.5 Å². The summed E-state index contributed by atoms with van der Waals surface area (Å²) in [5, 5.41) is 0.234. The van der Waals surface area contributed by atoms with E-state index in [0.717, 1.165) is 87.0 Å². The summed E-state index contributed by atoms with van der Waals surface area (Å²) in [6.45, 7) is 13.6. The second-order valence-electron chi connectivity index (χ2n) is 12.1. The number of hydrogen-bond acceptors (Lipinski definition) is 7. The van der Waals surface area contributed by atoms with Crippen LogP contribution < -0.4 is 9.47 Å². The maximum absolute atomic E-state index is 6.80. The van der Waals surface area contributed by atoms with E-state index >= 15 is 0 Å². The van der Waals surface area contributed by atoms with Gasteiger partial charge in [-0.05, 0) is 67.0 Å². The van der Waals surface area contributed by atoms with Crippen LogP contribution in [0.15, 0.2) is 40.9 Å². The Bertz CT molecular complexity index is 1130. The number of hydrogen-bond donors (Lipinski definition) is 0. The number of ether oxygens (including phenoxy) is 6.